The van der Waals surface area contributed by atoms with Crippen LogP contribution in [0.15, 0.2) is 18.2 Å². The molecule has 0 aromatic heterocycles. The molecular formula is C14H18ClF2N. The number of nitrogens with zero attached hydrogens (tertiary/aromatic N) is 1. The number of alkyl halides is 1. The summed E-state index contributed by atoms with van der Waals surface area (Å²) in [6.45, 7) is 1.46. The van der Waals surface area contributed by atoms with Crippen LogP contribution in [-0.4, -0.2) is 23.4 Å². The van der Waals surface area contributed by atoms with Crippen LogP contribution < -0.4 is 0 Å². The second-order valence-electron chi connectivity index (χ2n) is 4.83. The Labute approximate surface area is 112 Å². The van der Waals surface area contributed by atoms with Crippen LogP contribution >= 0.6 is 11.6 Å². The lowest BCUT2D eigenvalue weighted by molar-refractivity contribution is 0.230. The van der Waals surface area contributed by atoms with Crippen molar-refractivity contribution in [3.63, 3.8) is 0 Å². The van der Waals surface area contributed by atoms with E-state index in [1.54, 1.807) is 0 Å². The zero-order valence-electron chi connectivity index (χ0n) is 10.3. The Balaban J connectivity index is 2.01. The minimum absolute atomic E-state index is 0.320. The molecule has 1 fully saturated rings. The smallest absolute Gasteiger partial charge is 0.127 e. The molecule has 1 saturated heterocycles. The minimum Gasteiger partial charge on any atom is -0.296 e. The van der Waals surface area contributed by atoms with Crippen molar-refractivity contribution in [3.8, 4) is 0 Å². The molecule has 1 atom stereocenters. The third-order valence-corrected chi connectivity index (χ3v) is 3.82. The fourth-order valence-corrected chi connectivity index (χ4v) is 2.78. The van der Waals surface area contributed by atoms with Crippen molar-refractivity contribution in [3.05, 3.63) is 35.4 Å². The van der Waals surface area contributed by atoms with E-state index in [2.05, 4.69) is 4.90 Å². The highest BCUT2D eigenvalue weighted by molar-refractivity contribution is 6.17. The number of hydrogen-bond donors (Lipinski definition) is 0. The summed E-state index contributed by atoms with van der Waals surface area (Å²) < 4.78 is 26.7. The van der Waals surface area contributed by atoms with Gasteiger partial charge in [-0.3, -0.25) is 4.90 Å². The average molecular weight is 274 g/mol. The maximum absolute atomic E-state index is 13.6. The molecule has 0 radical (unpaired) electrons. The minimum atomic E-state index is -0.372. The van der Waals surface area contributed by atoms with Crippen LogP contribution in [0, 0.1) is 11.6 Å². The summed E-state index contributed by atoms with van der Waals surface area (Å²) in [4.78, 5) is 2.24. The molecule has 1 aromatic carbocycles. The van der Waals surface area contributed by atoms with Gasteiger partial charge in [0.2, 0.25) is 0 Å². The van der Waals surface area contributed by atoms with Crippen molar-refractivity contribution >= 4 is 11.6 Å². The van der Waals surface area contributed by atoms with Crippen molar-refractivity contribution in [2.45, 2.75) is 38.3 Å². The number of benzene rings is 1. The Hall–Kier alpha value is -0.670. The van der Waals surface area contributed by atoms with Gasteiger partial charge in [-0.15, -0.1) is 11.6 Å². The summed E-state index contributed by atoms with van der Waals surface area (Å²) in [6, 6.07) is 4.13. The monoisotopic (exact) mass is 273 g/mol. The molecule has 1 heterocycles. The van der Waals surface area contributed by atoms with E-state index in [0.29, 0.717) is 24.0 Å². The van der Waals surface area contributed by atoms with Gasteiger partial charge in [0.15, 0.2) is 0 Å². The molecule has 2 rings (SSSR count). The van der Waals surface area contributed by atoms with E-state index in [1.807, 2.05) is 0 Å². The standard InChI is InChI=1S/C14H18ClF2N/c15-7-1-3-13-4-2-8-18(13)10-11-9-12(16)5-6-14(11)17/h5-6,9,13H,1-4,7-8,10H2. The molecular weight excluding hydrogens is 256 g/mol. The fourth-order valence-electron chi connectivity index (χ4n) is 2.63. The Morgan fingerprint density at radius 2 is 2.17 bits per heavy atom. The lowest BCUT2D eigenvalue weighted by Crippen LogP contribution is -2.29. The Kier molecular flexibility index (Phi) is 4.95. The second kappa shape index (κ2) is 6.48. The van der Waals surface area contributed by atoms with Crippen LogP contribution in [-0.2, 0) is 6.54 Å². The van der Waals surface area contributed by atoms with Crippen LogP contribution in [0.5, 0.6) is 0 Å². The normalized spacial score (nSPS) is 20.5. The molecule has 0 amide bonds. The van der Waals surface area contributed by atoms with Crippen LogP contribution in [0.4, 0.5) is 8.78 Å². The molecule has 0 spiro atoms. The fraction of sp³-hybridized carbons (Fsp3) is 0.571. The van der Waals surface area contributed by atoms with Gasteiger partial charge < -0.3 is 0 Å². The zero-order chi connectivity index (χ0) is 13.0. The molecule has 4 heteroatoms. The van der Waals surface area contributed by atoms with Gasteiger partial charge >= 0.3 is 0 Å². The maximum Gasteiger partial charge on any atom is 0.127 e. The van der Waals surface area contributed by atoms with E-state index in [0.717, 1.165) is 38.3 Å². The van der Waals surface area contributed by atoms with Gasteiger partial charge in [-0.2, -0.15) is 0 Å². The highest BCUT2D eigenvalue weighted by Crippen LogP contribution is 2.24. The van der Waals surface area contributed by atoms with Crippen LogP contribution in [0.3, 0.4) is 0 Å². The van der Waals surface area contributed by atoms with E-state index in [9.17, 15) is 8.78 Å². The van der Waals surface area contributed by atoms with Crippen LogP contribution in [0.25, 0.3) is 0 Å². The summed E-state index contributed by atoms with van der Waals surface area (Å²) in [6.07, 6.45) is 4.28. The van der Waals surface area contributed by atoms with Crippen molar-refractivity contribution in [2.75, 3.05) is 12.4 Å². The van der Waals surface area contributed by atoms with Gasteiger partial charge in [0.05, 0.1) is 0 Å². The van der Waals surface area contributed by atoms with Crippen LogP contribution in [0.1, 0.15) is 31.2 Å². The van der Waals surface area contributed by atoms with Gasteiger partial charge in [0.25, 0.3) is 0 Å². The maximum atomic E-state index is 13.6. The Morgan fingerprint density at radius 1 is 1.33 bits per heavy atom. The van der Waals surface area contributed by atoms with Gasteiger partial charge in [0, 0.05) is 24.0 Å². The quantitative estimate of drug-likeness (QED) is 0.735. The Morgan fingerprint density at radius 3 is 2.94 bits per heavy atom. The molecule has 1 nitrogen and oxygen atoms in total. The highest BCUT2D eigenvalue weighted by atomic mass is 35.5. The first kappa shape index (κ1) is 13.8. The molecule has 1 aliphatic rings. The summed E-state index contributed by atoms with van der Waals surface area (Å²) >= 11 is 5.71. The van der Waals surface area contributed by atoms with Crippen LogP contribution in [0.2, 0.25) is 0 Å². The predicted molar refractivity (Wildman–Crippen MR) is 69.7 cm³/mol. The highest BCUT2D eigenvalue weighted by Gasteiger charge is 2.24. The van der Waals surface area contributed by atoms with Crippen molar-refractivity contribution in [2.24, 2.45) is 0 Å². The number of hydrogen-bond acceptors (Lipinski definition) is 1. The first-order valence-corrected chi connectivity index (χ1v) is 6.98. The van der Waals surface area contributed by atoms with E-state index in [-0.39, 0.29) is 11.6 Å². The van der Waals surface area contributed by atoms with Gasteiger partial charge in [-0.1, -0.05) is 0 Å². The largest absolute Gasteiger partial charge is 0.296 e. The van der Waals surface area contributed by atoms with Gasteiger partial charge in [-0.05, 0) is 50.4 Å². The topological polar surface area (TPSA) is 3.24 Å². The summed E-state index contributed by atoms with van der Waals surface area (Å²) in [5, 5.41) is 0. The second-order valence-corrected chi connectivity index (χ2v) is 5.21. The van der Waals surface area contributed by atoms with E-state index >= 15 is 0 Å². The molecule has 1 aromatic rings. The predicted octanol–water partition coefficient (Wildman–Crippen LogP) is 3.95. The van der Waals surface area contributed by atoms with E-state index in [1.165, 1.54) is 12.1 Å². The summed E-state index contributed by atoms with van der Waals surface area (Å²) in [7, 11) is 0. The molecule has 1 aliphatic heterocycles. The average Bonchev–Trinajstić information content (AvgIpc) is 2.79. The van der Waals surface area contributed by atoms with E-state index in [4.69, 9.17) is 11.6 Å². The van der Waals surface area contributed by atoms with Crippen molar-refractivity contribution in [1.82, 2.24) is 4.90 Å². The van der Waals surface area contributed by atoms with Gasteiger partial charge in [0.1, 0.15) is 11.6 Å². The zero-order valence-corrected chi connectivity index (χ0v) is 11.1. The number of halogens is 3. The lowest BCUT2D eigenvalue weighted by atomic mass is 10.1. The first-order chi connectivity index (χ1) is 8.70. The SMILES string of the molecule is Fc1ccc(F)c(CN2CCCC2CCCCl)c1. The third kappa shape index (κ3) is 3.42. The third-order valence-electron chi connectivity index (χ3n) is 3.55. The van der Waals surface area contributed by atoms with E-state index < -0.39 is 0 Å². The van der Waals surface area contributed by atoms with Crippen molar-refractivity contribution < 1.29 is 8.78 Å². The Bertz CT molecular complexity index is 397. The lowest BCUT2D eigenvalue weighted by Gasteiger charge is -2.24. The molecule has 0 bridgehead atoms. The number of rotatable bonds is 5. The molecule has 0 N–H and O–H groups in total. The molecule has 0 saturated carbocycles. The first-order valence-electron chi connectivity index (χ1n) is 6.44. The number of likely N-dealkylation sites (tertiary alicyclic amines) is 1. The molecule has 18 heavy (non-hydrogen) atoms. The summed E-state index contributed by atoms with van der Waals surface area (Å²) in [5.41, 5.74) is 0.452. The van der Waals surface area contributed by atoms with Crippen molar-refractivity contribution in [1.29, 1.82) is 0 Å². The molecule has 100 valence electrons. The molecule has 1 unspecified atom stereocenters. The van der Waals surface area contributed by atoms with Gasteiger partial charge in [-0.25, -0.2) is 8.78 Å². The summed E-state index contributed by atoms with van der Waals surface area (Å²) in [5.74, 6) is -0.0270. The molecule has 0 aliphatic carbocycles.